The van der Waals surface area contributed by atoms with Gasteiger partial charge in [-0.05, 0) is 56.8 Å². The van der Waals surface area contributed by atoms with Gasteiger partial charge in [0.2, 0.25) is 0 Å². The smallest absolute Gasteiger partial charge is 0.0478 e. The molecule has 0 saturated heterocycles. The van der Waals surface area contributed by atoms with Crippen LogP contribution in [0.4, 0.5) is 0 Å². The maximum Gasteiger partial charge on any atom is 0.0478 e. The van der Waals surface area contributed by atoms with Gasteiger partial charge in [0.25, 0.3) is 0 Å². The van der Waals surface area contributed by atoms with Gasteiger partial charge in [0, 0.05) is 18.6 Å². The molecule has 2 unspecified atom stereocenters. The Morgan fingerprint density at radius 1 is 1.15 bits per heavy atom. The van der Waals surface area contributed by atoms with Gasteiger partial charge in [-0.15, -0.1) is 0 Å². The molecule has 2 nitrogen and oxygen atoms in total. The van der Waals surface area contributed by atoms with Crippen LogP contribution in [0.1, 0.15) is 49.3 Å². The van der Waals surface area contributed by atoms with Crippen molar-refractivity contribution >= 4 is 0 Å². The lowest BCUT2D eigenvalue weighted by atomic mass is 9.83. The fourth-order valence-electron chi connectivity index (χ4n) is 4.30. The molecule has 0 heterocycles. The van der Waals surface area contributed by atoms with Gasteiger partial charge in [0.1, 0.15) is 0 Å². The van der Waals surface area contributed by atoms with E-state index in [9.17, 15) is 0 Å². The lowest BCUT2D eigenvalue weighted by molar-refractivity contribution is 0.154. The van der Waals surface area contributed by atoms with Crippen molar-refractivity contribution < 1.29 is 0 Å². The first kappa shape index (κ1) is 14.1. The van der Waals surface area contributed by atoms with E-state index in [0.717, 1.165) is 5.92 Å². The predicted octanol–water partition coefficient (Wildman–Crippen LogP) is 3.38. The molecule has 2 heteroatoms. The number of nitrogens with one attached hydrogen (secondary N) is 1. The Morgan fingerprint density at radius 2 is 1.90 bits per heavy atom. The third-order valence-corrected chi connectivity index (χ3v) is 5.38. The number of fused-ring (bicyclic) bond motifs is 1. The van der Waals surface area contributed by atoms with Crippen LogP contribution in [0.2, 0.25) is 0 Å². The van der Waals surface area contributed by atoms with Crippen LogP contribution in [0.25, 0.3) is 0 Å². The van der Waals surface area contributed by atoms with Gasteiger partial charge in [-0.2, -0.15) is 0 Å². The highest BCUT2D eigenvalue weighted by Gasteiger charge is 2.32. The van der Waals surface area contributed by atoms with E-state index in [2.05, 4.69) is 48.6 Å². The fourth-order valence-corrected chi connectivity index (χ4v) is 4.30. The van der Waals surface area contributed by atoms with Crippen LogP contribution >= 0.6 is 0 Å². The van der Waals surface area contributed by atoms with Gasteiger partial charge in [-0.25, -0.2) is 0 Å². The van der Waals surface area contributed by atoms with Crippen LogP contribution < -0.4 is 5.32 Å². The Balaban J connectivity index is 1.73. The third-order valence-electron chi connectivity index (χ3n) is 5.38. The summed E-state index contributed by atoms with van der Waals surface area (Å²) < 4.78 is 0. The minimum absolute atomic E-state index is 0.492. The molecule has 0 amide bonds. The van der Waals surface area contributed by atoms with Crippen LogP contribution in [-0.4, -0.2) is 31.6 Å². The maximum atomic E-state index is 3.57. The highest BCUT2D eigenvalue weighted by molar-refractivity contribution is 5.33. The van der Waals surface area contributed by atoms with Gasteiger partial charge in [0.15, 0.2) is 0 Å². The second kappa shape index (κ2) is 6.28. The number of benzene rings is 1. The van der Waals surface area contributed by atoms with Crippen LogP contribution in [0, 0.1) is 5.92 Å². The summed E-state index contributed by atoms with van der Waals surface area (Å²) in [6.45, 7) is 1.28. The van der Waals surface area contributed by atoms with Crippen molar-refractivity contribution in [3.63, 3.8) is 0 Å². The first-order valence-corrected chi connectivity index (χ1v) is 8.25. The summed E-state index contributed by atoms with van der Waals surface area (Å²) in [5, 5.41) is 3.57. The Hall–Kier alpha value is -0.860. The second-order valence-electron chi connectivity index (χ2n) is 6.66. The fraction of sp³-hybridized carbons (Fsp3) is 0.667. The monoisotopic (exact) mass is 272 g/mol. The van der Waals surface area contributed by atoms with Gasteiger partial charge in [-0.1, -0.05) is 37.1 Å². The van der Waals surface area contributed by atoms with Crippen LogP contribution in [0.15, 0.2) is 24.3 Å². The Kier molecular flexibility index (Phi) is 4.42. The van der Waals surface area contributed by atoms with Crippen molar-refractivity contribution in [1.29, 1.82) is 0 Å². The standard InChI is InChI=1S/C18H28N2/c1-19-18-16-10-6-5-9-15(16)11-12-17(18)20(2)13-14-7-3-4-8-14/h5-6,9-10,14,17-19H,3-4,7-8,11-13H2,1-2H3. The Labute approximate surface area is 123 Å². The van der Waals surface area contributed by atoms with Crippen LogP contribution in [0.5, 0.6) is 0 Å². The highest BCUT2D eigenvalue weighted by Crippen LogP contribution is 2.34. The number of nitrogens with zero attached hydrogens (tertiary/aromatic N) is 1. The molecular weight excluding hydrogens is 244 g/mol. The zero-order valence-corrected chi connectivity index (χ0v) is 12.9. The number of aryl methyl sites for hydroxylation is 1. The van der Waals surface area contributed by atoms with Gasteiger partial charge < -0.3 is 10.2 Å². The van der Waals surface area contributed by atoms with Crippen molar-refractivity contribution in [3.8, 4) is 0 Å². The van der Waals surface area contributed by atoms with Crippen molar-refractivity contribution in [2.45, 2.75) is 50.6 Å². The minimum Gasteiger partial charge on any atom is -0.312 e. The number of rotatable bonds is 4. The minimum atomic E-state index is 0.492. The molecule has 1 aromatic carbocycles. The van der Waals surface area contributed by atoms with Crippen molar-refractivity contribution in [2.75, 3.05) is 20.6 Å². The predicted molar refractivity (Wildman–Crippen MR) is 84.9 cm³/mol. The molecule has 1 N–H and O–H groups in total. The van der Waals surface area contributed by atoms with E-state index < -0.39 is 0 Å². The molecule has 0 radical (unpaired) electrons. The normalized spacial score (nSPS) is 26.9. The maximum absolute atomic E-state index is 3.57. The van der Waals surface area contributed by atoms with Gasteiger partial charge in [-0.3, -0.25) is 0 Å². The van der Waals surface area contributed by atoms with Gasteiger partial charge >= 0.3 is 0 Å². The van der Waals surface area contributed by atoms with Crippen molar-refractivity contribution in [3.05, 3.63) is 35.4 Å². The van der Waals surface area contributed by atoms with E-state index in [1.54, 1.807) is 0 Å². The Bertz CT molecular complexity index is 437. The molecule has 1 aromatic rings. The number of hydrogen-bond donors (Lipinski definition) is 1. The lowest BCUT2D eigenvalue weighted by Crippen LogP contribution is -2.46. The quantitative estimate of drug-likeness (QED) is 0.904. The first-order chi connectivity index (χ1) is 9.79. The average Bonchev–Trinajstić information content (AvgIpc) is 2.98. The topological polar surface area (TPSA) is 15.3 Å². The van der Waals surface area contributed by atoms with Crippen molar-refractivity contribution in [2.24, 2.45) is 5.92 Å². The number of likely N-dealkylation sites (N-methyl/N-ethyl adjacent to an activating group) is 2. The average molecular weight is 272 g/mol. The summed E-state index contributed by atoms with van der Waals surface area (Å²) in [5.74, 6) is 0.940. The summed E-state index contributed by atoms with van der Waals surface area (Å²) in [6.07, 6.45) is 8.29. The van der Waals surface area contributed by atoms with E-state index in [1.807, 2.05) is 0 Å². The molecule has 2 atom stereocenters. The molecule has 0 aromatic heterocycles. The lowest BCUT2D eigenvalue weighted by Gasteiger charge is -2.40. The van der Waals surface area contributed by atoms with E-state index >= 15 is 0 Å². The molecule has 2 aliphatic carbocycles. The van der Waals surface area contributed by atoms with E-state index in [-0.39, 0.29) is 0 Å². The molecule has 2 aliphatic rings. The van der Waals surface area contributed by atoms with Crippen molar-refractivity contribution in [1.82, 2.24) is 10.2 Å². The molecule has 110 valence electrons. The van der Waals surface area contributed by atoms with E-state index in [4.69, 9.17) is 0 Å². The molecular formula is C18H28N2. The summed E-state index contributed by atoms with van der Waals surface area (Å²) in [7, 11) is 4.45. The molecule has 20 heavy (non-hydrogen) atoms. The molecule has 1 saturated carbocycles. The van der Waals surface area contributed by atoms with Crippen LogP contribution in [-0.2, 0) is 6.42 Å². The van der Waals surface area contributed by atoms with E-state index in [0.29, 0.717) is 12.1 Å². The summed E-state index contributed by atoms with van der Waals surface area (Å²) in [4.78, 5) is 2.63. The zero-order valence-electron chi connectivity index (χ0n) is 12.9. The Morgan fingerprint density at radius 3 is 2.65 bits per heavy atom. The number of hydrogen-bond acceptors (Lipinski definition) is 2. The van der Waals surface area contributed by atoms with Crippen LogP contribution in [0.3, 0.4) is 0 Å². The molecule has 1 fully saturated rings. The molecule has 0 spiro atoms. The SMILES string of the molecule is CNC1c2ccccc2CCC1N(C)CC1CCCC1. The third kappa shape index (κ3) is 2.77. The largest absolute Gasteiger partial charge is 0.312 e. The summed E-state index contributed by atoms with van der Waals surface area (Å²) in [6, 6.07) is 10.1. The summed E-state index contributed by atoms with van der Waals surface area (Å²) in [5.41, 5.74) is 3.06. The molecule has 0 aliphatic heterocycles. The summed E-state index contributed by atoms with van der Waals surface area (Å²) >= 11 is 0. The zero-order chi connectivity index (χ0) is 13.9. The second-order valence-corrected chi connectivity index (χ2v) is 6.66. The van der Waals surface area contributed by atoms with E-state index in [1.165, 1.54) is 56.2 Å². The molecule has 0 bridgehead atoms. The highest BCUT2D eigenvalue weighted by atomic mass is 15.2. The molecule has 3 rings (SSSR count). The first-order valence-electron chi connectivity index (χ1n) is 8.25. The van der Waals surface area contributed by atoms with Gasteiger partial charge in [0.05, 0.1) is 0 Å².